The van der Waals surface area contributed by atoms with Gasteiger partial charge in [0.15, 0.2) is 0 Å². The number of alkyl halides is 1. The van der Waals surface area contributed by atoms with E-state index in [-0.39, 0.29) is 21.8 Å². The van der Waals surface area contributed by atoms with Crippen LogP contribution in [0.25, 0.3) is 0 Å². The first-order valence-corrected chi connectivity index (χ1v) is 6.04. The van der Waals surface area contributed by atoms with Gasteiger partial charge in [0.1, 0.15) is 11.6 Å². The molecule has 0 bridgehead atoms. The summed E-state index contributed by atoms with van der Waals surface area (Å²) in [6.07, 6.45) is 0.730. The highest BCUT2D eigenvalue weighted by Gasteiger charge is 2.14. The second-order valence-corrected chi connectivity index (χ2v) is 4.88. The molecule has 0 saturated heterocycles. The molecule has 1 rings (SSSR count). The Balaban J connectivity index is 2.70. The van der Waals surface area contributed by atoms with Gasteiger partial charge >= 0.3 is 0 Å². The van der Waals surface area contributed by atoms with Crippen LogP contribution >= 0.6 is 27.5 Å². The van der Waals surface area contributed by atoms with Gasteiger partial charge in [0.25, 0.3) is 0 Å². The quantitative estimate of drug-likeness (QED) is 0.591. The summed E-state index contributed by atoms with van der Waals surface area (Å²) in [5, 5.41) is -0.234. The van der Waals surface area contributed by atoms with Gasteiger partial charge in [-0.25, -0.2) is 8.78 Å². The number of methoxy groups -OCH3 is 1. The fourth-order valence-electron chi connectivity index (χ4n) is 1.36. The molecule has 16 heavy (non-hydrogen) atoms. The second kappa shape index (κ2) is 6.52. The second-order valence-electron chi connectivity index (χ2n) is 3.41. The molecule has 0 aliphatic rings. The SMILES string of the molecule is COCC(Cl)CCc1c(F)ccc(Br)c1F. The molecule has 1 aromatic rings. The summed E-state index contributed by atoms with van der Waals surface area (Å²) in [5.74, 6) is -1.09. The van der Waals surface area contributed by atoms with Gasteiger partial charge in [0.2, 0.25) is 0 Å². The number of benzene rings is 1. The van der Waals surface area contributed by atoms with Crippen LogP contribution in [0.15, 0.2) is 16.6 Å². The van der Waals surface area contributed by atoms with Gasteiger partial charge in [-0.15, -0.1) is 11.6 Å². The van der Waals surface area contributed by atoms with Crippen LogP contribution in [0.2, 0.25) is 0 Å². The molecule has 1 atom stereocenters. The predicted octanol–water partition coefficient (Wildman–Crippen LogP) is 3.91. The highest BCUT2D eigenvalue weighted by molar-refractivity contribution is 9.10. The number of halogens is 4. The van der Waals surface area contributed by atoms with Crippen molar-refractivity contribution in [3.63, 3.8) is 0 Å². The Morgan fingerprint density at radius 3 is 2.75 bits per heavy atom. The van der Waals surface area contributed by atoms with Crippen molar-refractivity contribution in [2.75, 3.05) is 13.7 Å². The minimum atomic E-state index is -0.554. The molecule has 0 amide bonds. The number of hydrogen-bond donors (Lipinski definition) is 0. The Morgan fingerprint density at radius 1 is 1.44 bits per heavy atom. The molecule has 0 aromatic heterocycles. The number of hydrogen-bond acceptors (Lipinski definition) is 1. The molecule has 1 nitrogen and oxygen atoms in total. The summed E-state index contributed by atoms with van der Waals surface area (Å²) in [6, 6.07) is 2.59. The molecule has 90 valence electrons. The van der Waals surface area contributed by atoms with E-state index in [0.717, 1.165) is 0 Å². The van der Waals surface area contributed by atoms with Crippen LogP contribution in [0.1, 0.15) is 12.0 Å². The molecule has 5 heteroatoms. The molecular weight excluding hydrogens is 301 g/mol. The lowest BCUT2D eigenvalue weighted by atomic mass is 10.1. The highest BCUT2D eigenvalue weighted by Crippen LogP contribution is 2.23. The minimum absolute atomic E-state index is 0.0659. The van der Waals surface area contributed by atoms with Crippen LogP contribution in [0.4, 0.5) is 8.78 Å². The van der Waals surface area contributed by atoms with Crippen LogP contribution in [-0.4, -0.2) is 19.1 Å². The van der Waals surface area contributed by atoms with E-state index in [1.165, 1.54) is 19.2 Å². The smallest absolute Gasteiger partial charge is 0.143 e. The third-order valence-electron chi connectivity index (χ3n) is 2.19. The number of rotatable bonds is 5. The van der Waals surface area contributed by atoms with Crippen molar-refractivity contribution in [1.29, 1.82) is 0 Å². The van der Waals surface area contributed by atoms with Crippen molar-refractivity contribution in [3.8, 4) is 0 Å². The van der Waals surface area contributed by atoms with Crippen LogP contribution in [0, 0.1) is 11.6 Å². The average molecular weight is 314 g/mol. The first-order chi connectivity index (χ1) is 7.56. The van der Waals surface area contributed by atoms with Gasteiger partial charge in [0, 0.05) is 12.7 Å². The lowest BCUT2D eigenvalue weighted by Gasteiger charge is -2.10. The Morgan fingerprint density at radius 2 is 2.12 bits per heavy atom. The molecule has 0 radical (unpaired) electrons. The lowest BCUT2D eigenvalue weighted by Crippen LogP contribution is -2.09. The normalized spacial score (nSPS) is 12.8. The van der Waals surface area contributed by atoms with Gasteiger partial charge in [-0.3, -0.25) is 0 Å². The van der Waals surface area contributed by atoms with Crippen LogP contribution in [0.3, 0.4) is 0 Å². The molecule has 0 aliphatic heterocycles. The number of ether oxygens (including phenoxy) is 1. The molecule has 0 saturated carbocycles. The zero-order valence-corrected chi connectivity index (χ0v) is 11.1. The summed E-state index contributed by atoms with van der Waals surface area (Å²) in [6.45, 7) is 0.374. The van der Waals surface area contributed by atoms with E-state index < -0.39 is 11.6 Å². The standard InChI is InChI=1S/C11H12BrClF2O/c1-16-6-7(13)2-3-8-10(14)5-4-9(12)11(8)15/h4-5,7H,2-3,6H2,1H3. The molecular formula is C11H12BrClF2O. The average Bonchev–Trinajstić information content (AvgIpc) is 2.24. The van der Waals surface area contributed by atoms with E-state index in [2.05, 4.69) is 15.9 Å². The Labute approximate surface area is 107 Å². The molecule has 0 heterocycles. The summed E-state index contributed by atoms with van der Waals surface area (Å²) in [5.41, 5.74) is 0.0659. The Hall–Kier alpha value is -0.190. The maximum absolute atomic E-state index is 13.5. The van der Waals surface area contributed by atoms with E-state index in [0.29, 0.717) is 13.0 Å². The monoisotopic (exact) mass is 312 g/mol. The zero-order chi connectivity index (χ0) is 12.1. The van der Waals surface area contributed by atoms with Crippen LogP contribution in [-0.2, 0) is 11.2 Å². The summed E-state index contributed by atoms with van der Waals surface area (Å²) in [7, 11) is 1.54. The summed E-state index contributed by atoms with van der Waals surface area (Å²) < 4.78 is 32.0. The summed E-state index contributed by atoms with van der Waals surface area (Å²) in [4.78, 5) is 0. The third kappa shape index (κ3) is 3.68. The third-order valence-corrected chi connectivity index (χ3v) is 3.15. The maximum Gasteiger partial charge on any atom is 0.143 e. The first kappa shape index (κ1) is 13.9. The van der Waals surface area contributed by atoms with Gasteiger partial charge < -0.3 is 4.74 Å². The fourth-order valence-corrected chi connectivity index (χ4v) is 1.97. The van der Waals surface area contributed by atoms with E-state index >= 15 is 0 Å². The summed E-state index contributed by atoms with van der Waals surface area (Å²) >= 11 is 8.91. The first-order valence-electron chi connectivity index (χ1n) is 4.81. The van der Waals surface area contributed by atoms with Crippen LogP contribution in [0.5, 0.6) is 0 Å². The van der Waals surface area contributed by atoms with Gasteiger partial charge in [-0.05, 0) is 40.9 Å². The van der Waals surface area contributed by atoms with Crippen molar-refractivity contribution in [2.24, 2.45) is 0 Å². The van der Waals surface area contributed by atoms with E-state index in [1.807, 2.05) is 0 Å². The van der Waals surface area contributed by atoms with E-state index in [4.69, 9.17) is 16.3 Å². The topological polar surface area (TPSA) is 9.23 Å². The van der Waals surface area contributed by atoms with Crippen molar-refractivity contribution < 1.29 is 13.5 Å². The van der Waals surface area contributed by atoms with Crippen molar-refractivity contribution in [2.45, 2.75) is 18.2 Å². The molecule has 0 N–H and O–H groups in total. The molecule has 0 aliphatic carbocycles. The van der Waals surface area contributed by atoms with Crippen LogP contribution < -0.4 is 0 Å². The predicted molar refractivity (Wildman–Crippen MR) is 63.9 cm³/mol. The Bertz CT molecular complexity index is 360. The Kier molecular flexibility index (Phi) is 5.66. The minimum Gasteiger partial charge on any atom is -0.383 e. The zero-order valence-electron chi connectivity index (χ0n) is 8.77. The van der Waals surface area contributed by atoms with Gasteiger partial charge in [0.05, 0.1) is 16.5 Å². The van der Waals surface area contributed by atoms with Gasteiger partial charge in [-0.1, -0.05) is 0 Å². The molecule has 0 fully saturated rings. The van der Waals surface area contributed by atoms with E-state index in [9.17, 15) is 8.78 Å². The lowest BCUT2D eigenvalue weighted by molar-refractivity contribution is 0.195. The maximum atomic E-state index is 13.5. The fraction of sp³-hybridized carbons (Fsp3) is 0.455. The van der Waals surface area contributed by atoms with Crippen molar-refractivity contribution in [1.82, 2.24) is 0 Å². The largest absolute Gasteiger partial charge is 0.383 e. The molecule has 0 spiro atoms. The van der Waals surface area contributed by atoms with Gasteiger partial charge in [-0.2, -0.15) is 0 Å². The van der Waals surface area contributed by atoms with E-state index in [1.54, 1.807) is 0 Å². The van der Waals surface area contributed by atoms with Crippen molar-refractivity contribution in [3.05, 3.63) is 33.8 Å². The highest BCUT2D eigenvalue weighted by atomic mass is 79.9. The molecule has 1 unspecified atom stereocenters. The van der Waals surface area contributed by atoms with Crippen molar-refractivity contribution >= 4 is 27.5 Å². The molecule has 1 aromatic carbocycles.